The molecule has 92 valence electrons. The van der Waals surface area contributed by atoms with Crippen molar-refractivity contribution >= 4 is 6.29 Å². The Morgan fingerprint density at radius 3 is 2.94 bits per heavy atom. The minimum absolute atomic E-state index is 0.196. The maximum atomic E-state index is 13.2. The molecule has 18 heavy (non-hydrogen) atoms. The third-order valence-corrected chi connectivity index (χ3v) is 2.39. The number of aldehydes is 1. The highest BCUT2D eigenvalue weighted by molar-refractivity contribution is 5.83. The van der Waals surface area contributed by atoms with Crippen LogP contribution in [0.4, 0.5) is 4.39 Å². The first-order chi connectivity index (χ1) is 8.61. The molecule has 0 aliphatic heterocycles. The third-order valence-electron chi connectivity index (χ3n) is 2.39. The lowest BCUT2D eigenvalue weighted by atomic mass is 10.1. The van der Waals surface area contributed by atoms with Crippen LogP contribution in [0, 0.1) is 5.82 Å². The first kappa shape index (κ1) is 12.2. The summed E-state index contributed by atoms with van der Waals surface area (Å²) in [5, 5.41) is 7.66. The van der Waals surface area contributed by atoms with Gasteiger partial charge >= 0.3 is 0 Å². The van der Waals surface area contributed by atoms with Gasteiger partial charge in [-0.05, 0) is 19.1 Å². The van der Waals surface area contributed by atoms with E-state index in [-0.39, 0.29) is 11.5 Å². The van der Waals surface area contributed by atoms with Gasteiger partial charge in [-0.15, -0.1) is 5.10 Å². The largest absolute Gasteiger partial charge is 0.296 e. The molecule has 0 N–H and O–H groups in total. The average Bonchev–Trinajstić information content (AvgIpc) is 2.71. The van der Waals surface area contributed by atoms with Crippen molar-refractivity contribution in [1.29, 1.82) is 0 Å². The fraction of sp³-hybridized carbons (Fsp3) is 0.154. The monoisotopic (exact) mass is 245 g/mol. The number of hydrogen-bond donors (Lipinski definition) is 0. The number of carbonyl (C=O) groups excluding carboxylic acids is 1. The molecule has 1 heterocycles. The topological polar surface area (TPSA) is 47.8 Å². The highest BCUT2D eigenvalue weighted by Gasteiger charge is 2.14. The summed E-state index contributed by atoms with van der Waals surface area (Å²) in [5.74, 6) is -0.368. The summed E-state index contributed by atoms with van der Waals surface area (Å²) >= 11 is 0. The lowest BCUT2D eigenvalue weighted by Gasteiger charge is -2.06. The summed E-state index contributed by atoms with van der Waals surface area (Å²) in [5.41, 5.74) is 2.15. The molecule has 0 atom stereocenters. The van der Waals surface area contributed by atoms with Crippen molar-refractivity contribution < 1.29 is 9.18 Å². The van der Waals surface area contributed by atoms with Gasteiger partial charge in [-0.1, -0.05) is 29.5 Å². The zero-order chi connectivity index (χ0) is 13.1. The molecule has 2 rings (SSSR count). The highest BCUT2D eigenvalue weighted by atomic mass is 19.1. The Labute approximate surface area is 104 Å². The maximum absolute atomic E-state index is 13.2. The molecule has 0 amide bonds. The van der Waals surface area contributed by atoms with Crippen LogP contribution < -0.4 is 0 Å². The smallest absolute Gasteiger partial charge is 0.172 e. The molecular weight excluding hydrogens is 233 g/mol. The van der Waals surface area contributed by atoms with Crippen molar-refractivity contribution in [2.75, 3.05) is 0 Å². The van der Waals surface area contributed by atoms with Crippen molar-refractivity contribution in [3.8, 4) is 11.3 Å². The van der Waals surface area contributed by atoms with E-state index in [9.17, 15) is 9.18 Å². The van der Waals surface area contributed by atoms with E-state index in [0.29, 0.717) is 24.1 Å². The Morgan fingerprint density at radius 2 is 2.33 bits per heavy atom. The quantitative estimate of drug-likeness (QED) is 0.614. The SMILES string of the molecule is C=C(C)Cn1nnc(C=O)c1-c1cccc(F)c1. The summed E-state index contributed by atoms with van der Waals surface area (Å²) in [6, 6.07) is 5.98. The summed E-state index contributed by atoms with van der Waals surface area (Å²) < 4.78 is 14.8. The predicted octanol–water partition coefficient (Wildman–Crippen LogP) is 2.47. The van der Waals surface area contributed by atoms with Gasteiger partial charge in [0.2, 0.25) is 0 Å². The fourth-order valence-corrected chi connectivity index (χ4v) is 1.70. The molecule has 2 aromatic rings. The van der Waals surface area contributed by atoms with Crippen LogP contribution in [0.3, 0.4) is 0 Å². The molecule has 0 spiro atoms. The van der Waals surface area contributed by atoms with Gasteiger partial charge in [0, 0.05) is 5.56 Å². The molecule has 0 aliphatic carbocycles. The van der Waals surface area contributed by atoms with Crippen molar-refractivity contribution in [3.05, 3.63) is 47.9 Å². The number of rotatable bonds is 4. The van der Waals surface area contributed by atoms with Crippen molar-refractivity contribution in [1.82, 2.24) is 15.0 Å². The van der Waals surface area contributed by atoms with E-state index in [0.717, 1.165) is 5.57 Å². The zero-order valence-electron chi connectivity index (χ0n) is 9.93. The van der Waals surface area contributed by atoms with Crippen LogP contribution >= 0.6 is 0 Å². The number of allylic oxidation sites excluding steroid dienone is 1. The van der Waals surface area contributed by atoms with Gasteiger partial charge in [-0.3, -0.25) is 4.79 Å². The summed E-state index contributed by atoms with van der Waals surface area (Å²) in [7, 11) is 0. The van der Waals surface area contributed by atoms with Crippen LogP contribution in [0.25, 0.3) is 11.3 Å². The van der Waals surface area contributed by atoms with E-state index in [1.807, 2.05) is 6.92 Å². The number of aromatic nitrogens is 3. The molecular formula is C13H12FN3O. The molecule has 1 aromatic heterocycles. The molecule has 0 radical (unpaired) electrons. The van der Waals surface area contributed by atoms with Crippen molar-refractivity contribution in [3.63, 3.8) is 0 Å². The van der Waals surface area contributed by atoms with Crippen LogP contribution in [-0.4, -0.2) is 21.3 Å². The van der Waals surface area contributed by atoms with E-state index >= 15 is 0 Å². The van der Waals surface area contributed by atoms with E-state index in [2.05, 4.69) is 16.9 Å². The van der Waals surface area contributed by atoms with E-state index in [1.165, 1.54) is 12.1 Å². The van der Waals surface area contributed by atoms with Crippen LogP contribution in [0.2, 0.25) is 0 Å². The van der Waals surface area contributed by atoms with E-state index in [4.69, 9.17) is 0 Å². The molecule has 0 unspecified atom stereocenters. The maximum Gasteiger partial charge on any atom is 0.172 e. The Morgan fingerprint density at radius 1 is 1.56 bits per heavy atom. The number of nitrogens with zero attached hydrogens (tertiary/aromatic N) is 3. The first-order valence-corrected chi connectivity index (χ1v) is 5.41. The van der Waals surface area contributed by atoms with Gasteiger partial charge in [-0.25, -0.2) is 9.07 Å². The standard InChI is InChI=1S/C13H12FN3O/c1-9(2)7-17-13(12(8-18)15-16-17)10-4-3-5-11(14)6-10/h3-6,8H,1,7H2,2H3. The number of carbonyl (C=O) groups is 1. The normalized spacial score (nSPS) is 10.3. The molecule has 0 fully saturated rings. The zero-order valence-corrected chi connectivity index (χ0v) is 9.93. The van der Waals surface area contributed by atoms with Gasteiger partial charge in [0.1, 0.15) is 5.82 Å². The third kappa shape index (κ3) is 2.34. The Hall–Kier alpha value is -2.30. The Kier molecular flexibility index (Phi) is 3.32. The minimum Gasteiger partial charge on any atom is -0.296 e. The first-order valence-electron chi connectivity index (χ1n) is 5.41. The summed E-state index contributed by atoms with van der Waals surface area (Å²) in [4.78, 5) is 11.0. The van der Waals surface area contributed by atoms with E-state index < -0.39 is 0 Å². The van der Waals surface area contributed by atoms with Gasteiger partial charge in [0.05, 0.1) is 12.2 Å². The second kappa shape index (κ2) is 4.91. The van der Waals surface area contributed by atoms with Gasteiger partial charge in [0.25, 0.3) is 0 Å². The summed E-state index contributed by atoms with van der Waals surface area (Å²) in [6.45, 7) is 6.07. The lowest BCUT2D eigenvalue weighted by Crippen LogP contribution is -2.03. The van der Waals surface area contributed by atoms with Gasteiger partial charge in [-0.2, -0.15) is 0 Å². The molecule has 4 nitrogen and oxygen atoms in total. The van der Waals surface area contributed by atoms with Crippen molar-refractivity contribution in [2.45, 2.75) is 13.5 Å². The Balaban J connectivity index is 2.56. The highest BCUT2D eigenvalue weighted by Crippen LogP contribution is 2.22. The number of hydrogen-bond acceptors (Lipinski definition) is 3. The second-order valence-electron chi connectivity index (χ2n) is 4.07. The molecule has 0 bridgehead atoms. The average molecular weight is 245 g/mol. The van der Waals surface area contributed by atoms with Gasteiger partial charge < -0.3 is 0 Å². The fourth-order valence-electron chi connectivity index (χ4n) is 1.70. The Bertz CT molecular complexity index is 604. The molecule has 1 aromatic carbocycles. The molecule has 0 saturated carbocycles. The number of halogens is 1. The second-order valence-corrected chi connectivity index (χ2v) is 4.07. The van der Waals surface area contributed by atoms with Crippen LogP contribution in [0.1, 0.15) is 17.4 Å². The van der Waals surface area contributed by atoms with Crippen molar-refractivity contribution in [2.24, 2.45) is 0 Å². The van der Waals surface area contributed by atoms with Crippen LogP contribution in [-0.2, 0) is 6.54 Å². The number of benzene rings is 1. The summed E-state index contributed by atoms with van der Waals surface area (Å²) in [6.07, 6.45) is 0.613. The molecule has 0 aliphatic rings. The van der Waals surface area contributed by atoms with Crippen LogP contribution in [0.5, 0.6) is 0 Å². The van der Waals surface area contributed by atoms with E-state index in [1.54, 1.807) is 16.8 Å². The molecule has 5 heteroatoms. The minimum atomic E-state index is -0.368. The van der Waals surface area contributed by atoms with Crippen LogP contribution in [0.15, 0.2) is 36.4 Å². The predicted molar refractivity (Wildman–Crippen MR) is 65.6 cm³/mol. The van der Waals surface area contributed by atoms with Gasteiger partial charge in [0.15, 0.2) is 12.0 Å². The lowest BCUT2D eigenvalue weighted by molar-refractivity contribution is 0.111. The molecule has 0 saturated heterocycles.